The summed E-state index contributed by atoms with van der Waals surface area (Å²) < 4.78 is 0. The number of aryl methyl sites for hydroxylation is 1. The van der Waals surface area contributed by atoms with Crippen molar-refractivity contribution in [1.82, 2.24) is 4.98 Å². The summed E-state index contributed by atoms with van der Waals surface area (Å²) in [6.45, 7) is 0.167. The Labute approximate surface area is 124 Å². The van der Waals surface area contributed by atoms with Gasteiger partial charge >= 0.3 is 0 Å². The second kappa shape index (κ2) is 7.40. The van der Waals surface area contributed by atoms with Crippen LogP contribution in [0.25, 0.3) is 0 Å². The Balaban J connectivity index is 2.04. The highest BCUT2D eigenvalue weighted by Crippen LogP contribution is 2.14. The van der Waals surface area contributed by atoms with Gasteiger partial charge in [0.05, 0.1) is 5.56 Å². The third-order valence-corrected chi connectivity index (χ3v) is 3.09. The van der Waals surface area contributed by atoms with E-state index in [1.807, 2.05) is 24.3 Å². The zero-order valence-electron chi connectivity index (χ0n) is 12.0. The Morgan fingerprint density at radius 3 is 2.81 bits per heavy atom. The molecule has 0 fully saturated rings. The number of aromatic nitrogens is 1. The number of carbonyl (C=O) groups excluding carboxylic acids is 1. The van der Waals surface area contributed by atoms with Gasteiger partial charge in [-0.05, 0) is 42.7 Å². The highest BCUT2D eigenvalue weighted by molar-refractivity contribution is 6.04. The van der Waals surface area contributed by atoms with E-state index in [1.165, 1.54) is 6.20 Å². The largest absolute Gasteiger partial charge is 0.396 e. The molecule has 0 bridgehead atoms. The van der Waals surface area contributed by atoms with Crippen LogP contribution in [0.4, 0.5) is 11.5 Å². The van der Waals surface area contributed by atoms with Crippen LogP contribution in [0.5, 0.6) is 0 Å². The molecule has 0 atom stereocenters. The summed E-state index contributed by atoms with van der Waals surface area (Å²) in [5.41, 5.74) is 2.34. The van der Waals surface area contributed by atoms with Crippen LogP contribution >= 0.6 is 0 Å². The average Bonchev–Trinajstić information content (AvgIpc) is 2.53. The molecule has 1 aromatic carbocycles. The summed E-state index contributed by atoms with van der Waals surface area (Å²) in [5, 5.41) is 14.6. The highest BCUT2D eigenvalue weighted by Gasteiger charge is 2.07. The number of nitrogens with one attached hydrogen (secondary N) is 2. The minimum Gasteiger partial charge on any atom is -0.396 e. The number of aliphatic hydroxyl groups excluding tert-OH is 1. The Morgan fingerprint density at radius 2 is 2.14 bits per heavy atom. The summed E-state index contributed by atoms with van der Waals surface area (Å²) in [6, 6.07) is 11.1. The maximum absolute atomic E-state index is 12.1. The molecule has 21 heavy (non-hydrogen) atoms. The molecule has 2 aromatic rings. The monoisotopic (exact) mass is 285 g/mol. The number of hydrogen-bond acceptors (Lipinski definition) is 4. The zero-order valence-corrected chi connectivity index (χ0v) is 12.0. The van der Waals surface area contributed by atoms with Crippen LogP contribution in [-0.4, -0.2) is 29.7 Å². The highest BCUT2D eigenvalue weighted by atomic mass is 16.2. The summed E-state index contributed by atoms with van der Waals surface area (Å²) >= 11 is 0. The number of rotatable bonds is 6. The second-order valence-electron chi connectivity index (χ2n) is 4.66. The van der Waals surface area contributed by atoms with Gasteiger partial charge in [-0.25, -0.2) is 4.98 Å². The van der Waals surface area contributed by atoms with Crippen molar-refractivity contribution in [2.75, 3.05) is 24.3 Å². The molecule has 5 heteroatoms. The van der Waals surface area contributed by atoms with Gasteiger partial charge in [0.15, 0.2) is 0 Å². The summed E-state index contributed by atoms with van der Waals surface area (Å²) in [7, 11) is 1.78. The normalized spacial score (nSPS) is 10.2. The van der Waals surface area contributed by atoms with Gasteiger partial charge in [0.1, 0.15) is 5.82 Å². The molecule has 0 aliphatic carbocycles. The van der Waals surface area contributed by atoms with Crippen LogP contribution in [-0.2, 0) is 6.42 Å². The van der Waals surface area contributed by atoms with Crippen molar-refractivity contribution in [3.05, 3.63) is 53.7 Å². The first-order chi connectivity index (χ1) is 10.2. The standard InChI is InChI=1S/C16H19N3O2/c1-17-15-8-7-13(11-18-15)16(21)19-14-6-2-4-12(10-14)5-3-9-20/h2,4,6-8,10-11,20H,3,5,9H2,1H3,(H,17,18)(H,19,21). The van der Waals surface area contributed by atoms with Gasteiger partial charge in [-0.15, -0.1) is 0 Å². The van der Waals surface area contributed by atoms with Crippen LogP contribution in [0.1, 0.15) is 22.3 Å². The van der Waals surface area contributed by atoms with Crippen molar-refractivity contribution in [3.8, 4) is 0 Å². The van der Waals surface area contributed by atoms with E-state index in [0.29, 0.717) is 12.0 Å². The van der Waals surface area contributed by atoms with Gasteiger partial charge in [-0.2, -0.15) is 0 Å². The van der Waals surface area contributed by atoms with Crippen molar-refractivity contribution < 1.29 is 9.90 Å². The quantitative estimate of drug-likeness (QED) is 0.761. The van der Waals surface area contributed by atoms with Gasteiger partial charge in [-0.3, -0.25) is 4.79 Å². The van der Waals surface area contributed by atoms with Crippen molar-refractivity contribution in [2.24, 2.45) is 0 Å². The number of benzene rings is 1. The van der Waals surface area contributed by atoms with Crippen molar-refractivity contribution >= 4 is 17.4 Å². The minimum absolute atomic E-state index is 0.167. The Morgan fingerprint density at radius 1 is 1.29 bits per heavy atom. The van der Waals surface area contributed by atoms with Crippen molar-refractivity contribution in [2.45, 2.75) is 12.8 Å². The lowest BCUT2D eigenvalue weighted by atomic mass is 10.1. The molecular weight excluding hydrogens is 266 g/mol. The van der Waals surface area contributed by atoms with Crippen LogP contribution in [0.3, 0.4) is 0 Å². The Kier molecular flexibility index (Phi) is 5.29. The molecule has 0 unspecified atom stereocenters. The molecule has 3 N–H and O–H groups in total. The fraction of sp³-hybridized carbons (Fsp3) is 0.250. The molecule has 2 rings (SSSR count). The maximum Gasteiger partial charge on any atom is 0.257 e. The lowest BCUT2D eigenvalue weighted by Gasteiger charge is -2.07. The molecule has 1 heterocycles. The Bertz CT molecular complexity index is 597. The van der Waals surface area contributed by atoms with E-state index < -0.39 is 0 Å². The molecule has 0 radical (unpaired) electrons. The SMILES string of the molecule is CNc1ccc(C(=O)Nc2cccc(CCCO)c2)cn1. The van der Waals surface area contributed by atoms with Crippen LogP contribution in [0.2, 0.25) is 0 Å². The van der Waals surface area contributed by atoms with Gasteiger partial charge < -0.3 is 15.7 Å². The topological polar surface area (TPSA) is 74.2 Å². The smallest absolute Gasteiger partial charge is 0.257 e. The molecule has 0 aliphatic heterocycles. The Hall–Kier alpha value is -2.40. The van der Waals surface area contributed by atoms with E-state index in [2.05, 4.69) is 15.6 Å². The summed E-state index contributed by atoms with van der Waals surface area (Å²) in [6.07, 6.45) is 3.04. The van der Waals surface area contributed by atoms with Gasteiger partial charge in [-0.1, -0.05) is 12.1 Å². The molecule has 110 valence electrons. The van der Waals surface area contributed by atoms with E-state index in [1.54, 1.807) is 19.2 Å². The number of nitrogens with zero attached hydrogens (tertiary/aromatic N) is 1. The molecule has 1 amide bonds. The average molecular weight is 285 g/mol. The molecule has 0 spiro atoms. The lowest BCUT2D eigenvalue weighted by Crippen LogP contribution is -2.12. The van der Waals surface area contributed by atoms with Gasteiger partial charge in [0.25, 0.3) is 5.91 Å². The lowest BCUT2D eigenvalue weighted by molar-refractivity contribution is 0.102. The van der Waals surface area contributed by atoms with Crippen molar-refractivity contribution in [3.63, 3.8) is 0 Å². The number of carbonyl (C=O) groups is 1. The fourth-order valence-electron chi connectivity index (χ4n) is 1.97. The summed E-state index contributed by atoms with van der Waals surface area (Å²) in [4.78, 5) is 16.2. The van der Waals surface area contributed by atoms with Crippen LogP contribution in [0.15, 0.2) is 42.6 Å². The minimum atomic E-state index is -0.190. The predicted molar refractivity (Wildman–Crippen MR) is 83.6 cm³/mol. The van der Waals surface area contributed by atoms with Gasteiger partial charge in [0, 0.05) is 25.5 Å². The van der Waals surface area contributed by atoms with E-state index in [4.69, 9.17) is 5.11 Å². The predicted octanol–water partition coefficient (Wildman–Crippen LogP) is 2.30. The molecule has 1 aromatic heterocycles. The van der Waals surface area contributed by atoms with E-state index in [0.717, 1.165) is 23.5 Å². The van der Waals surface area contributed by atoms with E-state index in [9.17, 15) is 4.79 Å². The zero-order chi connectivity index (χ0) is 15.1. The number of hydrogen-bond donors (Lipinski definition) is 3. The first kappa shape index (κ1) is 15.0. The number of amides is 1. The van der Waals surface area contributed by atoms with E-state index >= 15 is 0 Å². The van der Waals surface area contributed by atoms with Crippen LogP contribution in [0, 0.1) is 0 Å². The molecule has 0 saturated heterocycles. The second-order valence-corrected chi connectivity index (χ2v) is 4.66. The third kappa shape index (κ3) is 4.29. The number of anilines is 2. The van der Waals surface area contributed by atoms with Gasteiger partial charge in [0.2, 0.25) is 0 Å². The van der Waals surface area contributed by atoms with Crippen LogP contribution < -0.4 is 10.6 Å². The third-order valence-electron chi connectivity index (χ3n) is 3.09. The molecule has 5 nitrogen and oxygen atoms in total. The van der Waals surface area contributed by atoms with Crippen molar-refractivity contribution in [1.29, 1.82) is 0 Å². The first-order valence-electron chi connectivity index (χ1n) is 6.88. The molecular formula is C16H19N3O2. The number of pyridine rings is 1. The van der Waals surface area contributed by atoms with E-state index in [-0.39, 0.29) is 12.5 Å². The number of aliphatic hydroxyl groups is 1. The molecule has 0 aliphatic rings. The molecule has 0 saturated carbocycles. The maximum atomic E-state index is 12.1. The fourth-order valence-corrected chi connectivity index (χ4v) is 1.97. The first-order valence-corrected chi connectivity index (χ1v) is 6.88. The summed E-state index contributed by atoms with van der Waals surface area (Å²) in [5.74, 6) is 0.530.